The molecule has 1 aliphatic carbocycles. The van der Waals surface area contributed by atoms with E-state index in [0.717, 1.165) is 29.7 Å². The Morgan fingerprint density at radius 1 is 1.40 bits per heavy atom. The molecular formula is C16H20N2O2. The van der Waals surface area contributed by atoms with Crippen molar-refractivity contribution in [2.75, 3.05) is 0 Å². The molecule has 4 nitrogen and oxygen atoms in total. The van der Waals surface area contributed by atoms with E-state index in [2.05, 4.69) is 18.4 Å². The van der Waals surface area contributed by atoms with Gasteiger partial charge in [-0.15, -0.1) is 0 Å². The molecule has 0 saturated heterocycles. The number of nitrogens with zero attached hydrogens (tertiary/aromatic N) is 2. The summed E-state index contributed by atoms with van der Waals surface area (Å²) in [4.78, 5) is 15.8. The Balaban J connectivity index is 2.19. The summed E-state index contributed by atoms with van der Waals surface area (Å²) in [7, 11) is 0. The van der Waals surface area contributed by atoms with Gasteiger partial charge in [-0.25, -0.2) is 9.78 Å². The molecular weight excluding hydrogens is 252 g/mol. The maximum Gasteiger partial charge on any atom is 0.335 e. The zero-order chi connectivity index (χ0) is 14.3. The third-order valence-corrected chi connectivity index (χ3v) is 4.21. The first kappa shape index (κ1) is 13.2. The third kappa shape index (κ3) is 2.09. The molecule has 106 valence electrons. The van der Waals surface area contributed by atoms with Crippen LogP contribution in [-0.2, 0) is 0 Å². The molecule has 0 aliphatic heterocycles. The van der Waals surface area contributed by atoms with Crippen LogP contribution in [0, 0.1) is 0 Å². The molecule has 0 spiro atoms. The summed E-state index contributed by atoms with van der Waals surface area (Å²) < 4.78 is 2.35. The van der Waals surface area contributed by atoms with Crippen LogP contribution >= 0.6 is 0 Å². The summed E-state index contributed by atoms with van der Waals surface area (Å²) in [6.07, 6.45) is 4.55. The second-order valence-corrected chi connectivity index (χ2v) is 5.59. The molecule has 0 amide bonds. The number of carboxylic acid groups (broad SMARTS) is 1. The normalized spacial score (nSPS) is 15.2. The first-order chi connectivity index (χ1) is 9.65. The fraction of sp³-hybridized carbons (Fsp3) is 0.500. The minimum Gasteiger partial charge on any atom is -0.478 e. The highest BCUT2D eigenvalue weighted by atomic mass is 16.4. The van der Waals surface area contributed by atoms with Crippen LogP contribution in [0.1, 0.15) is 67.7 Å². The maximum atomic E-state index is 11.1. The van der Waals surface area contributed by atoms with Crippen LogP contribution in [0.5, 0.6) is 0 Å². The van der Waals surface area contributed by atoms with Crippen molar-refractivity contribution < 1.29 is 9.90 Å². The molecule has 0 unspecified atom stereocenters. The standard InChI is InChI=1S/C16H20N2O2/c1-3-12(4-2)18-14-8-7-11(16(19)20)9-13(14)17-15(18)10-5-6-10/h7-10,12H,3-6H2,1-2H3,(H,19,20). The van der Waals surface area contributed by atoms with Gasteiger partial charge in [-0.3, -0.25) is 0 Å². The molecule has 1 fully saturated rings. The van der Waals surface area contributed by atoms with Crippen molar-refractivity contribution in [3.63, 3.8) is 0 Å². The van der Waals surface area contributed by atoms with E-state index in [1.54, 1.807) is 12.1 Å². The highest BCUT2D eigenvalue weighted by molar-refractivity contribution is 5.92. The summed E-state index contributed by atoms with van der Waals surface area (Å²) in [5.41, 5.74) is 2.21. The number of carboxylic acids is 1. The van der Waals surface area contributed by atoms with Gasteiger partial charge >= 0.3 is 5.97 Å². The van der Waals surface area contributed by atoms with Gasteiger partial charge in [0, 0.05) is 12.0 Å². The van der Waals surface area contributed by atoms with Crippen LogP contribution in [0.15, 0.2) is 18.2 Å². The zero-order valence-corrected chi connectivity index (χ0v) is 12.0. The molecule has 20 heavy (non-hydrogen) atoms. The predicted octanol–water partition coefficient (Wildman–Crippen LogP) is 3.97. The highest BCUT2D eigenvalue weighted by Crippen LogP contribution is 2.42. The van der Waals surface area contributed by atoms with E-state index < -0.39 is 5.97 Å². The molecule has 1 aromatic carbocycles. The van der Waals surface area contributed by atoms with Gasteiger partial charge in [-0.2, -0.15) is 0 Å². The van der Waals surface area contributed by atoms with Gasteiger partial charge in [-0.05, 0) is 43.9 Å². The van der Waals surface area contributed by atoms with Crippen LogP contribution < -0.4 is 0 Å². The Morgan fingerprint density at radius 2 is 2.10 bits per heavy atom. The van der Waals surface area contributed by atoms with E-state index in [1.165, 1.54) is 12.8 Å². The van der Waals surface area contributed by atoms with Crippen LogP contribution in [0.2, 0.25) is 0 Å². The highest BCUT2D eigenvalue weighted by Gasteiger charge is 2.31. The molecule has 3 rings (SSSR count). The predicted molar refractivity (Wildman–Crippen MR) is 78.3 cm³/mol. The molecule has 0 atom stereocenters. The molecule has 2 aromatic rings. The van der Waals surface area contributed by atoms with E-state index in [-0.39, 0.29) is 0 Å². The fourth-order valence-corrected chi connectivity index (χ4v) is 2.92. The van der Waals surface area contributed by atoms with Crippen molar-refractivity contribution in [2.45, 2.75) is 51.5 Å². The summed E-state index contributed by atoms with van der Waals surface area (Å²) in [6.45, 7) is 4.39. The van der Waals surface area contributed by atoms with Crippen LogP contribution in [-0.4, -0.2) is 20.6 Å². The van der Waals surface area contributed by atoms with E-state index in [9.17, 15) is 4.79 Å². The number of benzene rings is 1. The number of aromatic nitrogens is 2. The van der Waals surface area contributed by atoms with Gasteiger partial charge in [0.25, 0.3) is 0 Å². The van der Waals surface area contributed by atoms with Crippen LogP contribution in [0.4, 0.5) is 0 Å². The van der Waals surface area contributed by atoms with Crippen molar-refractivity contribution >= 4 is 17.0 Å². The van der Waals surface area contributed by atoms with E-state index in [4.69, 9.17) is 10.1 Å². The zero-order valence-electron chi connectivity index (χ0n) is 12.0. The number of fused-ring (bicyclic) bond motifs is 1. The Labute approximate surface area is 118 Å². The third-order valence-electron chi connectivity index (χ3n) is 4.21. The first-order valence-corrected chi connectivity index (χ1v) is 7.40. The molecule has 1 aliphatic rings. The first-order valence-electron chi connectivity index (χ1n) is 7.40. The van der Waals surface area contributed by atoms with Gasteiger partial charge in [0.15, 0.2) is 0 Å². The lowest BCUT2D eigenvalue weighted by Gasteiger charge is -2.18. The molecule has 1 N–H and O–H groups in total. The average Bonchev–Trinajstić information content (AvgIpc) is 3.22. The van der Waals surface area contributed by atoms with Crippen molar-refractivity contribution in [3.05, 3.63) is 29.6 Å². The summed E-state index contributed by atoms with van der Waals surface area (Å²) in [6, 6.07) is 5.74. The van der Waals surface area contributed by atoms with Crippen molar-refractivity contribution in [1.29, 1.82) is 0 Å². The number of hydrogen-bond donors (Lipinski definition) is 1. The number of rotatable bonds is 5. The number of carbonyl (C=O) groups is 1. The molecule has 4 heteroatoms. The number of hydrogen-bond acceptors (Lipinski definition) is 2. The minimum absolute atomic E-state index is 0.314. The second kappa shape index (κ2) is 4.93. The quantitative estimate of drug-likeness (QED) is 0.895. The lowest BCUT2D eigenvalue weighted by Crippen LogP contribution is -2.10. The molecule has 0 radical (unpaired) electrons. The van der Waals surface area contributed by atoms with Gasteiger partial charge in [0.1, 0.15) is 5.82 Å². The molecule has 1 aromatic heterocycles. The maximum absolute atomic E-state index is 11.1. The van der Waals surface area contributed by atoms with E-state index >= 15 is 0 Å². The van der Waals surface area contributed by atoms with Gasteiger partial charge in [-0.1, -0.05) is 13.8 Å². The lowest BCUT2D eigenvalue weighted by atomic mass is 10.1. The average molecular weight is 272 g/mol. The largest absolute Gasteiger partial charge is 0.478 e. The van der Waals surface area contributed by atoms with Crippen molar-refractivity contribution in [3.8, 4) is 0 Å². The van der Waals surface area contributed by atoms with E-state index in [0.29, 0.717) is 17.5 Å². The van der Waals surface area contributed by atoms with E-state index in [1.807, 2.05) is 6.07 Å². The topological polar surface area (TPSA) is 55.1 Å². The Morgan fingerprint density at radius 3 is 2.65 bits per heavy atom. The number of aromatic carboxylic acids is 1. The number of imidazole rings is 1. The SMILES string of the molecule is CCC(CC)n1c(C2CC2)nc2cc(C(=O)O)ccc21. The second-order valence-electron chi connectivity index (χ2n) is 5.59. The van der Waals surface area contributed by atoms with Crippen molar-refractivity contribution in [1.82, 2.24) is 9.55 Å². The molecule has 1 saturated carbocycles. The van der Waals surface area contributed by atoms with Gasteiger partial charge < -0.3 is 9.67 Å². The lowest BCUT2D eigenvalue weighted by molar-refractivity contribution is 0.0697. The fourth-order valence-electron chi connectivity index (χ4n) is 2.92. The van der Waals surface area contributed by atoms with Gasteiger partial charge in [0.2, 0.25) is 0 Å². The Kier molecular flexibility index (Phi) is 3.24. The Bertz CT molecular complexity index is 652. The molecule has 1 heterocycles. The monoisotopic (exact) mass is 272 g/mol. The minimum atomic E-state index is -0.892. The smallest absolute Gasteiger partial charge is 0.335 e. The molecule has 0 bridgehead atoms. The van der Waals surface area contributed by atoms with Crippen LogP contribution in [0.3, 0.4) is 0 Å². The summed E-state index contributed by atoms with van der Waals surface area (Å²) >= 11 is 0. The van der Waals surface area contributed by atoms with Crippen molar-refractivity contribution in [2.24, 2.45) is 0 Å². The van der Waals surface area contributed by atoms with Crippen LogP contribution in [0.25, 0.3) is 11.0 Å². The summed E-state index contributed by atoms with van der Waals surface area (Å²) in [5.74, 6) is 0.824. The summed E-state index contributed by atoms with van der Waals surface area (Å²) in [5, 5.41) is 9.11. The Hall–Kier alpha value is -1.84. The van der Waals surface area contributed by atoms with Gasteiger partial charge in [0.05, 0.1) is 16.6 Å².